The standard InChI is InChI=1S/C15H31N2/c1-4-5-6-13-9-14(16)11-17(3,10-13)15-7-12(2)8-15/h12-15H,4-11,16H2,1-3H3/q+1. The van der Waals surface area contributed by atoms with Gasteiger partial charge in [0.1, 0.15) is 0 Å². The van der Waals surface area contributed by atoms with Gasteiger partial charge in [0.05, 0.1) is 32.2 Å². The van der Waals surface area contributed by atoms with E-state index in [9.17, 15) is 0 Å². The molecule has 0 spiro atoms. The first-order chi connectivity index (χ1) is 8.03. The Bertz CT molecular complexity index is 247. The molecule has 2 heteroatoms. The topological polar surface area (TPSA) is 26.0 Å². The summed E-state index contributed by atoms with van der Waals surface area (Å²) in [4.78, 5) is 0. The second-order valence-corrected chi connectivity index (χ2v) is 7.08. The molecule has 0 aromatic carbocycles. The highest BCUT2D eigenvalue weighted by Crippen LogP contribution is 2.38. The third-order valence-corrected chi connectivity index (χ3v) is 5.16. The molecule has 1 aliphatic carbocycles. The van der Waals surface area contributed by atoms with Gasteiger partial charge >= 0.3 is 0 Å². The first-order valence-corrected chi connectivity index (χ1v) is 7.63. The predicted molar refractivity (Wildman–Crippen MR) is 73.7 cm³/mol. The third kappa shape index (κ3) is 3.03. The van der Waals surface area contributed by atoms with E-state index in [0.717, 1.165) is 17.9 Å². The summed E-state index contributed by atoms with van der Waals surface area (Å²) in [6.45, 7) is 7.30. The molecule has 17 heavy (non-hydrogen) atoms. The van der Waals surface area contributed by atoms with Crippen LogP contribution in [0.1, 0.15) is 52.4 Å². The van der Waals surface area contributed by atoms with Crippen molar-refractivity contribution >= 4 is 0 Å². The van der Waals surface area contributed by atoms with E-state index in [0.29, 0.717) is 6.04 Å². The lowest BCUT2D eigenvalue weighted by Gasteiger charge is -2.53. The summed E-state index contributed by atoms with van der Waals surface area (Å²) in [7, 11) is 2.47. The molecular formula is C15H31N2+. The molecule has 2 aliphatic rings. The Hall–Kier alpha value is -0.0800. The van der Waals surface area contributed by atoms with Gasteiger partial charge in [-0.05, 0) is 18.8 Å². The zero-order chi connectivity index (χ0) is 12.5. The second-order valence-electron chi connectivity index (χ2n) is 7.08. The number of hydrogen-bond donors (Lipinski definition) is 1. The second kappa shape index (κ2) is 5.27. The number of rotatable bonds is 4. The van der Waals surface area contributed by atoms with Gasteiger partial charge < -0.3 is 10.2 Å². The molecule has 1 saturated heterocycles. The molecule has 1 saturated carbocycles. The SMILES string of the molecule is CCCCC1CC(N)C[N+](C)(C2CC(C)C2)C1. The predicted octanol–water partition coefficient (Wildman–Crippen LogP) is 2.77. The minimum Gasteiger partial charge on any atom is -0.323 e. The molecule has 0 amide bonds. The van der Waals surface area contributed by atoms with Crippen molar-refractivity contribution in [2.75, 3.05) is 20.1 Å². The first kappa shape index (κ1) is 13.4. The van der Waals surface area contributed by atoms with E-state index >= 15 is 0 Å². The van der Waals surface area contributed by atoms with E-state index in [1.807, 2.05) is 0 Å². The van der Waals surface area contributed by atoms with E-state index in [2.05, 4.69) is 20.9 Å². The largest absolute Gasteiger partial charge is 0.323 e. The molecule has 0 aromatic rings. The van der Waals surface area contributed by atoms with Crippen molar-refractivity contribution < 1.29 is 4.48 Å². The Morgan fingerprint density at radius 2 is 1.88 bits per heavy atom. The first-order valence-electron chi connectivity index (χ1n) is 7.63. The van der Waals surface area contributed by atoms with Crippen LogP contribution in [0.5, 0.6) is 0 Å². The summed E-state index contributed by atoms with van der Waals surface area (Å²) in [5, 5.41) is 0. The highest BCUT2D eigenvalue weighted by atomic mass is 15.4. The Kier molecular flexibility index (Phi) is 4.14. The van der Waals surface area contributed by atoms with Crippen LogP contribution in [0.3, 0.4) is 0 Å². The molecule has 100 valence electrons. The number of quaternary nitrogens is 1. The molecule has 0 aromatic heterocycles. The summed E-state index contributed by atoms with van der Waals surface area (Å²) >= 11 is 0. The number of unbranched alkanes of at least 4 members (excludes halogenated alkanes) is 1. The number of nitrogens with zero attached hydrogens (tertiary/aromatic N) is 1. The quantitative estimate of drug-likeness (QED) is 0.750. The molecular weight excluding hydrogens is 208 g/mol. The Morgan fingerprint density at radius 3 is 2.47 bits per heavy atom. The van der Waals surface area contributed by atoms with Crippen molar-refractivity contribution in [2.45, 2.75) is 64.5 Å². The number of hydrogen-bond acceptors (Lipinski definition) is 1. The molecule has 2 nitrogen and oxygen atoms in total. The smallest absolute Gasteiger partial charge is 0.0940 e. The minimum atomic E-state index is 0.450. The van der Waals surface area contributed by atoms with Crippen molar-refractivity contribution in [3.8, 4) is 0 Å². The van der Waals surface area contributed by atoms with Crippen LogP contribution in [0.15, 0.2) is 0 Å². The van der Waals surface area contributed by atoms with Crippen molar-refractivity contribution in [3.05, 3.63) is 0 Å². The van der Waals surface area contributed by atoms with Crippen LogP contribution < -0.4 is 5.73 Å². The maximum atomic E-state index is 6.31. The molecule has 1 aliphatic heterocycles. The lowest BCUT2D eigenvalue weighted by atomic mass is 9.77. The Morgan fingerprint density at radius 1 is 1.18 bits per heavy atom. The molecule has 2 fully saturated rings. The van der Waals surface area contributed by atoms with Crippen LogP contribution in [0, 0.1) is 11.8 Å². The molecule has 2 rings (SSSR count). The van der Waals surface area contributed by atoms with Gasteiger partial charge in [-0.25, -0.2) is 0 Å². The molecule has 0 bridgehead atoms. The lowest BCUT2D eigenvalue weighted by Crippen LogP contribution is -2.65. The lowest BCUT2D eigenvalue weighted by molar-refractivity contribution is -0.948. The van der Waals surface area contributed by atoms with Crippen molar-refractivity contribution in [1.82, 2.24) is 0 Å². The van der Waals surface area contributed by atoms with Crippen LogP contribution in [0.4, 0.5) is 0 Å². The van der Waals surface area contributed by atoms with E-state index in [1.54, 1.807) is 0 Å². The molecule has 2 N–H and O–H groups in total. The summed E-state index contributed by atoms with van der Waals surface area (Å²) < 4.78 is 1.28. The van der Waals surface area contributed by atoms with Gasteiger partial charge in [-0.3, -0.25) is 0 Å². The summed E-state index contributed by atoms with van der Waals surface area (Å²) in [6.07, 6.45) is 8.26. The third-order valence-electron chi connectivity index (χ3n) is 5.16. The van der Waals surface area contributed by atoms with Gasteiger partial charge in [-0.1, -0.05) is 26.7 Å². The maximum absolute atomic E-state index is 6.31. The average molecular weight is 239 g/mol. The fourth-order valence-electron chi connectivity index (χ4n) is 4.15. The van der Waals surface area contributed by atoms with Gasteiger partial charge in [-0.2, -0.15) is 0 Å². The van der Waals surface area contributed by atoms with E-state index in [-0.39, 0.29) is 0 Å². The fraction of sp³-hybridized carbons (Fsp3) is 1.00. The van der Waals surface area contributed by atoms with E-state index in [4.69, 9.17) is 5.73 Å². The van der Waals surface area contributed by atoms with Gasteiger partial charge in [-0.15, -0.1) is 0 Å². The monoisotopic (exact) mass is 239 g/mol. The maximum Gasteiger partial charge on any atom is 0.0940 e. The zero-order valence-corrected chi connectivity index (χ0v) is 12.0. The van der Waals surface area contributed by atoms with Crippen molar-refractivity contribution in [2.24, 2.45) is 17.6 Å². The normalized spacial score (nSPS) is 46.6. The van der Waals surface area contributed by atoms with Gasteiger partial charge in [0.2, 0.25) is 0 Å². The zero-order valence-electron chi connectivity index (χ0n) is 12.0. The number of nitrogens with two attached hydrogens (primary N) is 1. The van der Waals surface area contributed by atoms with E-state index in [1.165, 1.54) is 56.1 Å². The van der Waals surface area contributed by atoms with Gasteiger partial charge in [0.15, 0.2) is 0 Å². The number of piperidine rings is 1. The minimum absolute atomic E-state index is 0.450. The molecule has 0 radical (unpaired) electrons. The molecule has 1 heterocycles. The Balaban J connectivity index is 1.92. The highest BCUT2D eigenvalue weighted by Gasteiger charge is 2.45. The summed E-state index contributed by atoms with van der Waals surface area (Å²) in [5.74, 6) is 1.85. The van der Waals surface area contributed by atoms with Gasteiger partial charge in [0, 0.05) is 18.8 Å². The van der Waals surface area contributed by atoms with Crippen LogP contribution in [0.25, 0.3) is 0 Å². The van der Waals surface area contributed by atoms with Crippen molar-refractivity contribution in [1.29, 1.82) is 0 Å². The van der Waals surface area contributed by atoms with Gasteiger partial charge in [0.25, 0.3) is 0 Å². The number of likely N-dealkylation sites (N-methyl/N-ethyl adjacent to an activating group) is 1. The molecule has 3 atom stereocenters. The summed E-state index contributed by atoms with van der Waals surface area (Å²) in [5.41, 5.74) is 6.31. The van der Waals surface area contributed by atoms with Crippen molar-refractivity contribution in [3.63, 3.8) is 0 Å². The van der Waals surface area contributed by atoms with Crippen LogP contribution >= 0.6 is 0 Å². The van der Waals surface area contributed by atoms with Crippen LogP contribution in [-0.2, 0) is 0 Å². The Labute approximate surface area is 107 Å². The molecule has 3 unspecified atom stereocenters. The fourth-order valence-corrected chi connectivity index (χ4v) is 4.15. The average Bonchev–Trinajstić information content (AvgIpc) is 2.20. The highest BCUT2D eigenvalue weighted by molar-refractivity contribution is 4.82. The van der Waals surface area contributed by atoms with E-state index < -0.39 is 0 Å². The summed E-state index contributed by atoms with van der Waals surface area (Å²) in [6, 6.07) is 1.37. The van der Waals surface area contributed by atoms with Crippen LogP contribution in [-0.4, -0.2) is 36.7 Å². The van der Waals surface area contributed by atoms with Crippen LogP contribution in [0.2, 0.25) is 0 Å². The number of likely N-dealkylation sites (tertiary alicyclic amines) is 1.